The number of barbiturate groups is 1. The number of imide groups is 2. The summed E-state index contributed by atoms with van der Waals surface area (Å²) in [5, 5.41) is 4.25. The highest BCUT2D eigenvalue weighted by Crippen LogP contribution is 2.29. The number of carbonyl (C=O) groups excluding carboxylic acids is 3. The minimum atomic E-state index is -1.22. The first kappa shape index (κ1) is 15.6. The van der Waals surface area contributed by atoms with Gasteiger partial charge in [-0.05, 0) is 19.8 Å². The molecule has 1 aliphatic heterocycles. The molecule has 1 fully saturated rings. The van der Waals surface area contributed by atoms with Gasteiger partial charge < -0.3 is 9.47 Å². The second-order valence-corrected chi connectivity index (χ2v) is 4.23. The van der Waals surface area contributed by atoms with Crippen LogP contribution in [-0.4, -0.2) is 44.3 Å². The lowest BCUT2D eigenvalue weighted by Gasteiger charge is -2.32. The van der Waals surface area contributed by atoms with Crippen molar-refractivity contribution < 1.29 is 23.9 Å². The average Bonchev–Trinajstić information content (AvgIpc) is 2.36. The van der Waals surface area contributed by atoms with Crippen LogP contribution in [0.2, 0.25) is 0 Å². The molecule has 1 rings (SSSR count). The predicted molar refractivity (Wildman–Crippen MR) is 66.3 cm³/mol. The molecule has 0 radical (unpaired) electrons. The van der Waals surface area contributed by atoms with Gasteiger partial charge in [0.25, 0.3) is 0 Å². The van der Waals surface area contributed by atoms with E-state index < -0.39 is 23.3 Å². The third-order valence-electron chi connectivity index (χ3n) is 3.18. The molecule has 1 saturated heterocycles. The molecule has 0 saturated carbocycles. The van der Waals surface area contributed by atoms with E-state index in [1.807, 2.05) is 6.92 Å². The van der Waals surface area contributed by atoms with Crippen molar-refractivity contribution in [3.8, 4) is 0 Å². The lowest BCUT2D eigenvalue weighted by molar-refractivity contribution is -0.146. The molecule has 19 heavy (non-hydrogen) atoms. The molecule has 2 N–H and O–H groups in total. The van der Waals surface area contributed by atoms with Crippen LogP contribution >= 0.6 is 0 Å². The number of rotatable bonds is 8. The zero-order valence-electron chi connectivity index (χ0n) is 11.3. The lowest BCUT2D eigenvalue weighted by Crippen LogP contribution is -2.62. The van der Waals surface area contributed by atoms with E-state index in [0.717, 1.165) is 0 Å². The lowest BCUT2D eigenvalue weighted by atomic mass is 9.79. The van der Waals surface area contributed by atoms with Gasteiger partial charge in [0.05, 0.1) is 13.2 Å². The Morgan fingerprint density at radius 3 is 2.05 bits per heavy atom. The average molecular weight is 272 g/mol. The molecule has 0 atom stereocenters. The maximum absolute atomic E-state index is 11.9. The largest absolute Gasteiger partial charge is 0.379 e. The first-order valence-electron chi connectivity index (χ1n) is 6.39. The van der Waals surface area contributed by atoms with Crippen molar-refractivity contribution in [1.82, 2.24) is 10.6 Å². The summed E-state index contributed by atoms with van der Waals surface area (Å²) in [6, 6.07) is -0.767. The predicted octanol–water partition coefficient (Wildman–Crippen LogP) is 0.192. The number of amides is 4. The maximum Gasteiger partial charge on any atom is 0.328 e. The summed E-state index contributed by atoms with van der Waals surface area (Å²) in [6.07, 6.45) is 0.549. The summed E-state index contributed by atoms with van der Waals surface area (Å²) in [4.78, 5) is 34.7. The smallest absolute Gasteiger partial charge is 0.328 e. The van der Waals surface area contributed by atoms with Gasteiger partial charge in [-0.2, -0.15) is 0 Å². The quantitative estimate of drug-likeness (QED) is 0.486. The molecule has 7 heteroatoms. The second-order valence-electron chi connectivity index (χ2n) is 4.23. The van der Waals surface area contributed by atoms with Gasteiger partial charge in [0.1, 0.15) is 5.41 Å². The fourth-order valence-corrected chi connectivity index (χ4v) is 1.92. The molecule has 1 heterocycles. The van der Waals surface area contributed by atoms with E-state index in [0.29, 0.717) is 26.2 Å². The molecular weight excluding hydrogens is 252 g/mol. The Labute approximate surface area is 112 Å². The first-order valence-corrected chi connectivity index (χ1v) is 6.39. The van der Waals surface area contributed by atoms with E-state index >= 15 is 0 Å². The Balaban J connectivity index is 2.48. The molecule has 0 aromatic rings. The normalized spacial score (nSPS) is 18.1. The van der Waals surface area contributed by atoms with E-state index in [4.69, 9.17) is 9.47 Å². The monoisotopic (exact) mass is 272 g/mol. The van der Waals surface area contributed by atoms with E-state index in [1.54, 1.807) is 6.92 Å². The van der Waals surface area contributed by atoms with Crippen molar-refractivity contribution in [3.63, 3.8) is 0 Å². The van der Waals surface area contributed by atoms with Crippen molar-refractivity contribution in [2.24, 2.45) is 5.41 Å². The van der Waals surface area contributed by atoms with Crippen LogP contribution in [0.4, 0.5) is 4.79 Å². The summed E-state index contributed by atoms with van der Waals surface area (Å²) in [5.74, 6) is -1.12. The number of nitrogens with one attached hydrogen (secondary N) is 2. The highest BCUT2D eigenvalue weighted by Gasteiger charge is 2.48. The third kappa shape index (κ3) is 3.74. The van der Waals surface area contributed by atoms with Crippen LogP contribution in [0.15, 0.2) is 0 Å². The Morgan fingerprint density at radius 2 is 1.53 bits per heavy atom. The minimum absolute atomic E-state index is 0.237. The van der Waals surface area contributed by atoms with Gasteiger partial charge in [0.15, 0.2) is 0 Å². The summed E-state index contributed by atoms with van der Waals surface area (Å²) in [7, 11) is 0. The molecule has 0 aromatic heterocycles. The molecule has 0 bridgehead atoms. The van der Waals surface area contributed by atoms with Gasteiger partial charge in [-0.25, -0.2) is 4.79 Å². The first-order chi connectivity index (χ1) is 9.06. The molecule has 0 spiro atoms. The van der Waals surface area contributed by atoms with Crippen LogP contribution in [-0.2, 0) is 19.1 Å². The Hall–Kier alpha value is -1.47. The molecule has 0 unspecified atom stereocenters. The zero-order valence-corrected chi connectivity index (χ0v) is 11.3. The van der Waals surface area contributed by atoms with Gasteiger partial charge in [-0.3, -0.25) is 20.2 Å². The van der Waals surface area contributed by atoms with Gasteiger partial charge in [-0.15, -0.1) is 0 Å². The Kier molecular flexibility index (Phi) is 5.91. The van der Waals surface area contributed by atoms with Gasteiger partial charge in [0.2, 0.25) is 11.8 Å². The summed E-state index contributed by atoms with van der Waals surface area (Å²) < 4.78 is 10.4. The van der Waals surface area contributed by atoms with Crippen molar-refractivity contribution in [2.45, 2.75) is 26.7 Å². The molecule has 7 nitrogen and oxygen atoms in total. The number of carbonyl (C=O) groups is 3. The van der Waals surface area contributed by atoms with Gasteiger partial charge in [0, 0.05) is 13.2 Å². The number of hydrogen-bond acceptors (Lipinski definition) is 5. The van der Waals surface area contributed by atoms with Crippen LogP contribution in [0.1, 0.15) is 26.7 Å². The summed E-state index contributed by atoms with van der Waals surface area (Å²) >= 11 is 0. The fraction of sp³-hybridized carbons (Fsp3) is 0.750. The molecule has 1 aliphatic rings. The standard InChI is InChI=1S/C12H20N2O5/c1-3-12(5-6-19-8-7-18-4-2)9(15)13-11(17)14-10(12)16/h3-8H2,1-2H3,(H2,13,14,15,16,17). The van der Waals surface area contributed by atoms with Crippen molar-refractivity contribution in [2.75, 3.05) is 26.4 Å². The van der Waals surface area contributed by atoms with Crippen LogP contribution in [0.5, 0.6) is 0 Å². The fourth-order valence-electron chi connectivity index (χ4n) is 1.92. The van der Waals surface area contributed by atoms with E-state index in [2.05, 4.69) is 10.6 Å². The number of urea groups is 1. The minimum Gasteiger partial charge on any atom is -0.379 e. The molecular formula is C12H20N2O5. The molecule has 0 aliphatic carbocycles. The van der Waals surface area contributed by atoms with Crippen molar-refractivity contribution in [3.05, 3.63) is 0 Å². The van der Waals surface area contributed by atoms with Crippen LogP contribution in [0.3, 0.4) is 0 Å². The Bertz CT molecular complexity index is 336. The van der Waals surface area contributed by atoms with E-state index in [9.17, 15) is 14.4 Å². The van der Waals surface area contributed by atoms with E-state index in [-0.39, 0.29) is 13.0 Å². The topological polar surface area (TPSA) is 93.7 Å². The van der Waals surface area contributed by atoms with Crippen molar-refractivity contribution in [1.29, 1.82) is 0 Å². The third-order valence-corrected chi connectivity index (χ3v) is 3.18. The molecule has 0 aromatic carbocycles. The maximum atomic E-state index is 11.9. The van der Waals surface area contributed by atoms with Gasteiger partial charge in [-0.1, -0.05) is 6.92 Å². The second kappa shape index (κ2) is 7.20. The number of hydrogen-bond donors (Lipinski definition) is 2. The van der Waals surface area contributed by atoms with Crippen LogP contribution < -0.4 is 10.6 Å². The highest BCUT2D eigenvalue weighted by atomic mass is 16.5. The highest BCUT2D eigenvalue weighted by molar-refractivity contribution is 6.19. The SMILES string of the molecule is CCOCCOCCC1(CC)C(=O)NC(=O)NC1=O. The van der Waals surface area contributed by atoms with Crippen LogP contribution in [0, 0.1) is 5.41 Å². The summed E-state index contributed by atoms with van der Waals surface area (Å²) in [5.41, 5.74) is -1.22. The summed E-state index contributed by atoms with van der Waals surface area (Å²) in [6.45, 7) is 5.39. The van der Waals surface area contributed by atoms with E-state index in [1.165, 1.54) is 0 Å². The Morgan fingerprint density at radius 1 is 0.947 bits per heavy atom. The molecule has 108 valence electrons. The zero-order chi connectivity index (χ0) is 14.3. The van der Waals surface area contributed by atoms with Crippen molar-refractivity contribution >= 4 is 17.8 Å². The molecule has 4 amide bonds. The number of ether oxygens (including phenoxy) is 2. The van der Waals surface area contributed by atoms with Crippen LogP contribution in [0.25, 0.3) is 0 Å². The van der Waals surface area contributed by atoms with Gasteiger partial charge >= 0.3 is 6.03 Å².